The Hall–Kier alpha value is -1.84. The van der Waals surface area contributed by atoms with Crippen LogP contribution < -0.4 is 5.32 Å². The van der Waals surface area contributed by atoms with Crippen LogP contribution in [-0.2, 0) is 11.2 Å². The molecule has 4 rings (SSSR count). The molecule has 3 aliphatic rings. The van der Waals surface area contributed by atoms with Crippen molar-refractivity contribution in [2.45, 2.75) is 44.1 Å². The molecule has 1 saturated heterocycles. The van der Waals surface area contributed by atoms with Gasteiger partial charge in [-0.25, -0.2) is 0 Å². The van der Waals surface area contributed by atoms with Gasteiger partial charge in [0.1, 0.15) is 0 Å². The van der Waals surface area contributed by atoms with E-state index in [0.29, 0.717) is 19.0 Å². The summed E-state index contributed by atoms with van der Waals surface area (Å²) in [6, 6.07) is 7.79. The Morgan fingerprint density at radius 1 is 1.14 bits per heavy atom. The largest absolute Gasteiger partial charge is 0.343 e. The van der Waals surface area contributed by atoms with E-state index in [0.717, 1.165) is 30.4 Å². The molecule has 1 aromatic carbocycles. The number of benzene rings is 1. The fourth-order valence-electron chi connectivity index (χ4n) is 4.25. The van der Waals surface area contributed by atoms with Gasteiger partial charge < -0.3 is 10.2 Å². The van der Waals surface area contributed by atoms with Crippen LogP contribution in [0.3, 0.4) is 0 Å². The van der Waals surface area contributed by atoms with Crippen LogP contribution in [0, 0.1) is 5.92 Å². The van der Waals surface area contributed by atoms with E-state index in [1.54, 1.807) is 0 Å². The maximum absolute atomic E-state index is 12.5. The predicted octanol–water partition coefficient (Wildman–Crippen LogP) is 2.13. The van der Waals surface area contributed by atoms with Crippen molar-refractivity contribution in [2.24, 2.45) is 5.92 Å². The summed E-state index contributed by atoms with van der Waals surface area (Å²) in [6.07, 6.45) is 6.54. The van der Waals surface area contributed by atoms with E-state index in [1.807, 2.05) is 29.2 Å². The van der Waals surface area contributed by atoms with Crippen molar-refractivity contribution in [1.82, 2.24) is 10.2 Å². The van der Waals surface area contributed by atoms with Gasteiger partial charge in [-0.3, -0.25) is 9.59 Å². The summed E-state index contributed by atoms with van der Waals surface area (Å²) < 4.78 is 0. The van der Waals surface area contributed by atoms with Gasteiger partial charge >= 0.3 is 0 Å². The minimum atomic E-state index is -0.226. The first-order valence-corrected chi connectivity index (χ1v) is 8.36. The molecule has 1 aliphatic carbocycles. The van der Waals surface area contributed by atoms with E-state index in [4.69, 9.17) is 0 Å². The molecule has 1 saturated carbocycles. The molecule has 1 spiro atoms. The second-order valence-corrected chi connectivity index (χ2v) is 7.10. The Labute approximate surface area is 130 Å². The highest BCUT2D eigenvalue weighted by Crippen LogP contribution is 2.34. The van der Waals surface area contributed by atoms with Crippen LogP contribution in [0.1, 0.15) is 48.0 Å². The average molecular weight is 298 g/mol. The topological polar surface area (TPSA) is 49.4 Å². The third-order valence-electron chi connectivity index (χ3n) is 5.42. The summed E-state index contributed by atoms with van der Waals surface area (Å²) in [5.41, 5.74) is 1.66. The lowest BCUT2D eigenvalue weighted by molar-refractivity contribution is -0.145. The fraction of sp³-hybridized carbons (Fsp3) is 0.556. The Morgan fingerprint density at radius 3 is 2.64 bits per heavy atom. The van der Waals surface area contributed by atoms with Gasteiger partial charge in [0.2, 0.25) is 5.91 Å². The van der Waals surface area contributed by atoms with Crippen molar-refractivity contribution >= 4 is 11.8 Å². The molecule has 0 aromatic heterocycles. The first kappa shape index (κ1) is 13.8. The Morgan fingerprint density at radius 2 is 1.86 bits per heavy atom. The first-order chi connectivity index (χ1) is 10.7. The van der Waals surface area contributed by atoms with Crippen molar-refractivity contribution in [3.05, 3.63) is 35.4 Å². The number of carbonyl (C=O) groups excluding carboxylic acids is 2. The van der Waals surface area contributed by atoms with E-state index >= 15 is 0 Å². The van der Waals surface area contributed by atoms with Gasteiger partial charge in [0.25, 0.3) is 5.91 Å². The molecule has 116 valence electrons. The molecule has 1 N–H and O–H groups in total. The van der Waals surface area contributed by atoms with Crippen LogP contribution in [0.5, 0.6) is 0 Å². The molecule has 0 radical (unpaired) electrons. The maximum Gasteiger partial charge on any atom is 0.252 e. The summed E-state index contributed by atoms with van der Waals surface area (Å²) in [7, 11) is 0. The molecule has 0 atom stereocenters. The normalized spacial score (nSPS) is 23.6. The zero-order chi connectivity index (χ0) is 15.2. The van der Waals surface area contributed by atoms with Gasteiger partial charge in [-0.05, 0) is 30.9 Å². The van der Waals surface area contributed by atoms with Crippen molar-refractivity contribution < 1.29 is 9.59 Å². The van der Waals surface area contributed by atoms with Crippen LogP contribution >= 0.6 is 0 Å². The van der Waals surface area contributed by atoms with Crippen molar-refractivity contribution in [1.29, 1.82) is 0 Å². The number of nitrogens with zero attached hydrogens (tertiary/aromatic N) is 1. The zero-order valence-corrected chi connectivity index (χ0v) is 12.8. The molecule has 2 aliphatic heterocycles. The number of hydrogen-bond donors (Lipinski definition) is 1. The molecule has 4 heteroatoms. The van der Waals surface area contributed by atoms with Crippen LogP contribution in [0.25, 0.3) is 0 Å². The summed E-state index contributed by atoms with van der Waals surface area (Å²) in [4.78, 5) is 26.8. The predicted molar refractivity (Wildman–Crippen MR) is 83.5 cm³/mol. The lowest BCUT2D eigenvalue weighted by Gasteiger charge is -2.53. The third-order valence-corrected chi connectivity index (χ3v) is 5.42. The molecule has 1 aromatic rings. The summed E-state index contributed by atoms with van der Waals surface area (Å²) in [5.74, 6) is 0.530. The number of rotatable bonds is 1. The molecule has 0 bridgehead atoms. The number of hydrogen-bond acceptors (Lipinski definition) is 2. The zero-order valence-electron chi connectivity index (χ0n) is 12.8. The van der Waals surface area contributed by atoms with Crippen LogP contribution in [0.2, 0.25) is 0 Å². The van der Waals surface area contributed by atoms with Gasteiger partial charge in [0.05, 0.1) is 5.54 Å². The molecule has 2 fully saturated rings. The van der Waals surface area contributed by atoms with Gasteiger partial charge in [0, 0.05) is 24.6 Å². The Balaban J connectivity index is 1.44. The van der Waals surface area contributed by atoms with E-state index in [-0.39, 0.29) is 17.4 Å². The van der Waals surface area contributed by atoms with E-state index < -0.39 is 0 Å². The third kappa shape index (κ3) is 2.21. The monoisotopic (exact) mass is 298 g/mol. The van der Waals surface area contributed by atoms with Gasteiger partial charge in [-0.2, -0.15) is 0 Å². The lowest BCUT2D eigenvalue weighted by Crippen LogP contribution is -2.74. The fourth-order valence-corrected chi connectivity index (χ4v) is 4.25. The second-order valence-electron chi connectivity index (χ2n) is 7.10. The molecular weight excluding hydrogens is 276 g/mol. The highest BCUT2D eigenvalue weighted by molar-refractivity contribution is 5.98. The minimum Gasteiger partial charge on any atom is -0.343 e. The van der Waals surface area contributed by atoms with E-state index in [9.17, 15) is 9.59 Å². The molecular formula is C18H22N2O2. The van der Waals surface area contributed by atoms with Gasteiger partial charge in [0.15, 0.2) is 0 Å². The maximum atomic E-state index is 12.5. The number of amides is 2. The van der Waals surface area contributed by atoms with Crippen LogP contribution in [0.4, 0.5) is 0 Å². The summed E-state index contributed by atoms with van der Waals surface area (Å²) in [5, 5.41) is 3.14. The van der Waals surface area contributed by atoms with Gasteiger partial charge in [-0.1, -0.05) is 37.5 Å². The highest BCUT2D eigenvalue weighted by Gasteiger charge is 2.49. The smallest absolute Gasteiger partial charge is 0.252 e. The van der Waals surface area contributed by atoms with Crippen molar-refractivity contribution in [2.75, 3.05) is 13.1 Å². The average Bonchev–Trinajstić information content (AvgIpc) is 2.52. The Kier molecular flexibility index (Phi) is 3.21. The van der Waals surface area contributed by atoms with Crippen LogP contribution in [0.15, 0.2) is 24.3 Å². The van der Waals surface area contributed by atoms with E-state index in [2.05, 4.69) is 5.32 Å². The number of carbonyl (C=O) groups is 2. The standard InChI is InChI=1S/C18H22N2O2/c21-16-15-9-5-4-8-14(15)10-18(19-16)11-20(12-18)17(22)13-6-2-1-3-7-13/h4-5,8-9,13H,1-3,6-7,10-12H2,(H,19,21). The van der Waals surface area contributed by atoms with E-state index in [1.165, 1.54) is 19.3 Å². The molecule has 4 nitrogen and oxygen atoms in total. The SMILES string of the molecule is O=C1NC2(Cc3ccccc31)CN(C(=O)C1CCCCC1)C2. The molecule has 22 heavy (non-hydrogen) atoms. The van der Waals surface area contributed by atoms with Crippen LogP contribution in [-0.4, -0.2) is 35.3 Å². The Bertz CT molecular complexity index is 613. The summed E-state index contributed by atoms with van der Waals surface area (Å²) in [6.45, 7) is 1.34. The molecule has 0 unspecified atom stereocenters. The van der Waals surface area contributed by atoms with Gasteiger partial charge in [-0.15, -0.1) is 0 Å². The lowest BCUT2D eigenvalue weighted by atomic mass is 9.77. The number of fused-ring (bicyclic) bond motifs is 1. The number of likely N-dealkylation sites (tertiary alicyclic amines) is 1. The minimum absolute atomic E-state index is 0.00613. The first-order valence-electron chi connectivity index (χ1n) is 8.36. The molecule has 2 amide bonds. The summed E-state index contributed by atoms with van der Waals surface area (Å²) >= 11 is 0. The molecule has 2 heterocycles. The second kappa shape index (κ2) is 5.11. The van der Waals surface area contributed by atoms with Crippen molar-refractivity contribution in [3.63, 3.8) is 0 Å². The number of nitrogens with one attached hydrogen (secondary N) is 1. The quantitative estimate of drug-likeness (QED) is 0.863. The highest BCUT2D eigenvalue weighted by atomic mass is 16.2. The van der Waals surface area contributed by atoms with Crippen molar-refractivity contribution in [3.8, 4) is 0 Å².